The highest BCUT2D eigenvalue weighted by molar-refractivity contribution is 14.0. The summed E-state index contributed by atoms with van der Waals surface area (Å²) in [6.07, 6.45) is 0.378. The molecule has 158 valence electrons. The molecule has 0 spiro atoms. The molecular weight excluding hydrogens is 482 g/mol. The van der Waals surface area contributed by atoms with Crippen LogP contribution in [0.25, 0.3) is 0 Å². The highest BCUT2D eigenvalue weighted by atomic mass is 127. The van der Waals surface area contributed by atoms with E-state index in [1.54, 1.807) is 24.0 Å². The van der Waals surface area contributed by atoms with E-state index in [4.69, 9.17) is 0 Å². The van der Waals surface area contributed by atoms with E-state index in [1.165, 1.54) is 6.07 Å². The number of amides is 1. The molecule has 0 bridgehead atoms. The molecule has 0 aliphatic heterocycles. The number of benzene rings is 2. The number of aliphatic imine (C=N–C) groups is 1. The largest absolute Gasteiger partial charge is 0.357 e. The molecule has 0 saturated carbocycles. The van der Waals surface area contributed by atoms with Crippen LogP contribution >= 0.6 is 24.0 Å². The van der Waals surface area contributed by atoms with E-state index < -0.39 is 0 Å². The van der Waals surface area contributed by atoms with Crippen LogP contribution in [0, 0.1) is 12.7 Å². The number of halogens is 2. The Kier molecular flexibility index (Phi) is 11.3. The second-order valence-electron chi connectivity index (χ2n) is 6.69. The van der Waals surface area contributed by atoms with Gasteiger partial charge in [-0.1, -0.05) is 42.5 Å². The molecule has 0 atom stereocenters. The summed E-state index contributed by atoms with van der Waals surface area (Å²) in [7, 11) is 1.81. The Morgan fingerprint density at radius 1 is 1.10 bits per heavy atom. The molecule has 0 radical (unpaired) electrons. The third-order valence-corrected chi connectivity index (χ3v) is 4.31. The zero-order valence-corrected chi connectivity index (χ0v) is 19.6. The van der Waals surface area contributed by atoms with Gasteiger partial charge < -0.3 is 15.5 Å². The van der Waals surface area contributed by atoms with Gasteiger partial charge in [0.25, 0.3) is 0 Å². The molecule has 0 saturated heterocycles. The van der Waals surface area contributed by atoms with Crippen LogP contribution < -0.4 is 10.6 Å². The predicted molar refractivity (Wildman–Crippen MR) is 127 cm³/mol. The number of carbonyl (C=O) groups excluding carboxylic acids is 1. The molecule has 0 fully saturated rings. The first kappa shape index (κ1) is 24.9. The lowest BCUT2D eigenvalue weighted by Gasteiger charge is -2.18. The summed E-state index contributed by atoms with van der Waals surface area (Å²) in [5.41, 5.74) is 2.66. The predicted octanol–water partition coefficient (Wildman–Crippen LogP) is 3.86. The summed E-state index contributed by atoms with van der Waals surface area (Å²) in [5, 5.41) is 6.35. The SMILES string of the molecule is CCNC(=NCc1ccc(F)c(C)c1)NCCC(=O)N(C)Cc1ccccc1.I. The third-order valence-electron chi connectivity index (χ3n) is 4.31. The van der Waals surface area contributed by atoms with E-state index in [1.807, 2.05) is 44.3 Å². The van der Waals surface area contributed by atoms with Crippen molar-refractivity contribution >= 4 is 35.8 Å². The zero-order chi connectivity index (χ0) is 20.4. The lowest BCUT2D eigenvalue weighted by atomic mass is 10.1. The standard InChI is InChI=1S/C22H29FN4O.HI/c1-4-24-22(26-15-19-10-11-20(23)17(2)14-19)25-13-12-21(28)27(3)16-18-8-6-5-7-9-18;/h5-11,14H,4,12-13,15-16H2,1-3H3,(H2,24,25,26);1H. The van der Waals surface area contributed by atoms with Crippen molar-refractivity contribution in [3.05, 3.63) is 71.0 Å². The average Bonchev–Trinajstić information content (AvgIpc) is 2.69. The maximum atomic E-state index is 13.4. The summed E-state index contributed by atoms with van der Waals surface area (Å²) < 4.78 is 13.4. The van der Waals surface area contributed by atoms with E-state index in [0.717, 1.165) is 17.7 Å². The van der Waals surface area contributed by atoms with Gasteiger partial charge in [0.15, 0.2) is 5.96 Å². The summed E-state index contributed by atoms with van der Waals surface area (Å²) in [6, 6.07) is 14.9. The van der Waals surface area contributed by atoms with E-state index >= 15 is 0 Å². The monoisotopic (exact) mass is 512 g/mol. The van der Waals surface area contributed by atoms with Crippen LogP contribution in [-0.4, -0.2) is 36.9 Å². The number of aryl methyl sites for hydroxylation is 1. The van der Waals surface area contributed by atoms with Crippen LogP contribution in [0.1, 0.15) is 30.0 Å². The maximum Gasteiger partial charge on any atom is 0.224 e. The van der Waals surface area contributed by atoms with Gasteiger partial charge in [0.1, 0.15) is 5.82 Å². The maximum absolute atomic E-state index is 13.4. The third kappa shape index (κ3) is 8.81. The Hall–Kier alpha value is -2.16. The molecule has 0 aliphatic rings. The molecule has 0 unspecified atom stereocenters. The lowest BCUT2D eigenvalue weighted by Crippen LogP contribution is -2.39. The fourth-order valence-electron chi connectivity index (χ4n) is 2.74. The molecule has 5 nitrogen and oxygen atoms in total. The fraction of sp³-hybridized carbons (Fsp3) is 0.364. The van der Waals surface area contributed by atoms with Gasteiger partial charge in [0.2, 0.25) is 5.91 Å². The van der Waals surface area contributed by atoms with Crippen LogP contribution in [0.3, 0.4) is 0 Å². The van der Waals surface area contributed by atoms with Gasteiger partial charge in [0, 0.05) is 33.1 Å². The number of rotatable bonds is 8. The topological polar surface area (TPSA) is 56.7 Å². The fourth-order valence-corrected chi connectivity index (χ4v) is 2.74. The number of hydrogen-bond donors (Lipinski definition) is 2. The number of carbonyl (C=O) groups is 1. The first-order valence-corrected chi connectivity index (χ1v) is 9.54. The Labute approximate surface area is 189 Å². The second-order valence-corrected chi connectivity index (χ2v) is 6.69. The molecule has 2 rings (SSSR count). The highest BCUT2D eigenvalue weighted by Crippen LogP contribution is 2.10. The first-order chi connectivity index (χ1) is 13.5. The number of hydrogen-bond acceptors (Lipinski definition) is 2. The van der Waals surface area contributed by atoms with Crippen molar-refractivity contribution in [1.29, 1.82) is 0 Å². The van der Waals surface area contributed by atoms with E-state index in [-0.39, 0.29) is 35.7 Å². The molecule has 2 N–H and O–H groups in total. The van der Waals surface area contributed by atoms with Gasteiger partial charge >= 0.3 is 0 Å². The van der Waals surface area contributed by atoms with Crippen LogP contribution in [0.4, 0.5) is 4.39 Å². The van der Waals surface area contributed by atoms with Gasteiger partial charge in [-0.05, 0) is 36.6 Å². The van der Waals surface area contributed by atoms with Crippen molar-refractivity contribution in [3.8, 4) is 0 Å². The van der Waals surface area contributed by atoms with Crippen molar-refractivity contribution < 1.29 is 9.18 Å². The van der Waals surface area contributed by atoms with Gasteiger partial charge in [0.05, 0.1) is 6.54 Å². The zero-order valence-electron chi connectivity index (χ0n) is 17.2. The summed E-state index contributed by atoms with van der Waals surface area (Å²) >= 11 is 0. The number of nitrogens with zero attached hydrogens (tertiary/aromatic N) is 2. The minimum atomic E-state index is -0.212. The van der Waals surface area contributed by atoms with Crippen LogP contribution in [0.5, 0.6) is 0 Å². The molecule has 7 heteroatoms. The first-order valence-electron chi connectivity index (χ1n) is 9.54. The van der Waals surface area contributed by atoms with E-state index in [2.05, 4.69) is 15.6 Å². The molecule has 1 amide bonds. The smallest absolute Gasteiger partial charge is 0.224 e. The van der Waals surface area contributed by atoms with E-state index in [9.17, 15) is 9.18 Å². The van der Waals surface area contributed by atoms with Crippen molar-refractivity contribution in [2.24, 2.45) is 4.99 Å². The lowest BCUT2D eigenvalue weighted by molar-refractivity contribution is -0.130. The second kappa shape index (κ2) is 13.1. The number of nitrogens with one attached hydrogen (secondary N) is 2. The van der Waals surface area contributed by atoms with Gasteiger partial charge in [-0.3, -0.25) is 4.79 Å². The van der Waals surface area contributed by atoms with Gasteiger partial charge in [-0.2, -0.15) is 0 Å². The van der Waals surface area contributed by atoms with Crippen LogP contribution in [0.2, 0.25) is 0 Å². The number of guanidine groups is 1. The van der Waals surface area contributed by atoms with E-state index in [0.29, 0.717) is 37.6 Å². The molecule has 0 aromatic heterocycles. The van der Waals surface area contributed by atoms with Crippen molar-refractivity contribution in [2.45, 2.75) is 33.4 Å². The van der Waals surface area contributed by atoms with Crippen molar-refractivity contribution in [3.63, 3.8) is 0 Å². The van der Waals surface area contributed by atoms with Gasteiger partial charge in [-0.25, -0.2) is 9.38 Å². The Morgan fingerprint density at radius 2 is 1.83 bits per heavy atom. The molecular formula is C22H30FIN4O. The van der Waals surface area contributed by atoms with Gasteiger partial charge in [-0.15, -0.1) is 24.0 Å². The minimum absolute atomic E-state index is 0. The minimum Gasteiger partial charge on any atom is -0.357 e. The Morgan fingerprint density at radius 3 is 2.48 bits per heavy atom. The molecule has 0 heterocycles. The molecule has 29 heavy (non-hydrogen) atoms. The molecule has 0 aliphatic carbocycles. The summed E-state index contributed by atoms with van der Waals surface area (Å²) in [5.74, 6) is 0.500. The summed E-state index contributed by atoms with van der Waals surface area (Å²) in [6.45, 7) is 5.97. The van der Waals surface area contributed by atoms with Crippen molar-refractivity contribution in [2.75, 3.05) is 20.1 Å². The molecule has 2 aromatic rings. The quantitative estimate of drug-likeness (QED) is 0.321. The molecule has 2 aromatic carbocycles. The van der Waals surface area contributed by atoms with Crippen molar-refractivity contribution in [1.82, 2.24) is 15.5 Å². The van der Waals surface area contributed by atoms with Crippen LogP contribution in [-0.2, 0) is 17.9 Å². The average molecular weight is 512 g/mol. The normalized spacial score (nSPS) is 10.8. The Bertz CT molecular complexity index is 799. The highest BCUT2D eigenvalue weighted by Gasteiger charge is 2.09. The summed E-state index contributed by atoms with van der Waals surface area (Å²) in [4.78, 5) is 18.6. The Balaban J connectivity index is 0.00000420. The van der Waals surface area contributed by atoms with Crippen LogP contribution in [0.15, 0.2) is 53.5 Å².